The number of thiophene rings is 1. The number of nitrogens with two attached hydrogens (primary N) is 1. The molecule has 0 aliphatic heterocycles. The number of guanidine groups is 1. The molecular formula is C12H23IN4O2S2. The van der Waals surface area contributed by atoms with Gasteiger partial charge in [0.05, 0.1) is 0 Å². The number of likely N-dealkylation sites (N-methyl/N-ethyl adjacent to an activating group) is 1. The standard InChI is InChI=1S/C12H22N4O2S2.HI/c1-3-4-7-14-12(13)15-8-9-16(2)20(17,18)11-6-5-10-19-11;/h5-6,10H,3-4,7-9H2,1-2H3,(H3,13,14,15);1H. The zero-order chi connectivity index (χ0) is 15.0. The average molecular weight is 446 g/mol. The van der Waals surface area contributed by atoms with Crippen molar-refractivity contribution in [3.8, 4) is 0 Å². The molecule has 122 valence electrons. The van der Waals surface area contributed by atoms with Gasteiger partial charge < -0.3 is 11.1 Å². The molecule has 1 aromatic heterocycles. The fraction of sp³-hybridized carbons (Fsp3) is 0.583. The molecule has 0 aliphatic carbocycles. The van der Waals surface area contributed by atoms with E-state index in [4.69, 9.17) is 5.73 Å². The van der Waals surface area contributed by atoms with Gasteiger partial charge >= 0.3 is 0 Å². The van der Waals surface area contributed by atoms with Crippen molar-refractivity contribution in [2.45, 2.75) is 24.0 Å². The van der Waals surface area contributed by atoms with Gasteiger partial charge in [-0.15, -0.1) is 35.3 Å². The molecule has 0 amide bonds. The van der Waals surface area contributed by atoms with Gasteiger partial charge in [0.2, 0.25) is 0 Å². The van der Waals surface area contributed by atoms with E-state index >= 15 is 0 Å². The van der Waals surface area contributed by atoms with Crippen molar-refractivity contribution in [3.05, 3.63) is 17.5 Å². The quantitative estimate of drug-likeness (QED) is 0.275. The Labute approximate surface area is 147 Å². The van der Waals surface area contributed by atoms with Crippen LogP contribution in [0.2, 0.25) is 0 Å². The fourth-order valence-electron chi connectivity index (χ4n) is 1.44. The number of unbranched alkanes of at least 4 members (excludes halogenated alkanes) is 1. The van der Waals surface area contributed by atoms with Gasteiger partial charge in [0.1, 0.15) is 4.21 Å². The number of hydrogen-bond donors (Lipinski definition) is 2. The molecule has 0 saturated heterocycles. The van der Waals surface area contributed by atoms with Crippen LogP contribution in [0, 0.1) is 0 Å². The van der Waals surface area contributed by atoms with Crippen LogP contribution in [0.4, 0.5) is 0 Å². The van der Waals surface area contributed by atoms with Crippen LogP contribution in [0.25, 0.3) is 0 Å². The third-order valence-electron chi connectivity index (χ3n) is 2.69. The van der Waals surface area contributed by atoms with Crippen molar-refractivity contribution in [1.29, 1.82) is 0 Å². The molecule has 1 heterocycles. The molecule has 21 heavy (non-hydrogen) atoms. The number of aliphatic imine (C=N–C) groups is 1. The predicted octanol–water partition coefficient (Wildman–Crippen LogP) is 1.69. The number of nitrogens with zero attached hydrogens (tertiary/aromatic N) is 2. The van der Waals surface area contributed by atoms with Gasteiger partial charge in [-0.2, -0.15) is 4.31 Å². The molecule has 0 aromatic carbocycles. The number of sulfonamides is 1. The van der Waals surface area contributed by atoms with E-state index in [0.29, 0.717) is 29.8 Å². The van der Waals surface area contributed by atoms with E-state index in [1.54, 1.807) is 24.6 Å². The van der Waals surface area contributed by atoms with Gasteiger partial charge in [-0.05, 0) is 17.9 Å². The second-order valence-corrected chi connectivity index (χ2v) is 7.53. The van der Waals surface area contributed by atoms with Crippen LogP contribution in [-0.4, -0.2) is 45.4 Å². The predicted molar refractivity (Wildman–Crippen MR) is 98.9 cm³/mol. The summed E-state index contributed by atoms with van der Waals surface area (Å²) in [5.41, 5.74) is 5.68. The van der Waals surface area contributed by atoms with Crippen LogP contribution < -0.4 is 11.1 Å². The maximum Gasteiger partial charge on any atom is 0.252 e. The Kier molecular flexibility index (Phi) is 10.2. The normalized spacial score (nSPS) is 12.2. The Bertz CT molecular complexity index is 517. The molecule has 0 saturated carbocycles. The zero-order valence-electron chi connectivity index (χ0n) is 12.3. The first-order chi connectivity index (χ1) is 9.48. The summed E-state index contributed by atoms with van der Waals surface area (Å²) < 4.78 is 25.9. The molecule has 0 unspecified atom stereocenters. The minimum atomic E-state index is -3.38. The Hall–Kier alpha value is -0.390. The number of hydrogen-bond acceptors (Lipinski definition) is 4. The molecular weight excluding hydrogens is 423 g/mol. The van der Waals surface area contributed by atoms with E-state index in [0.717, 1.165) is 12.8 Å². The third kappa shape index (κ3) is 6.94. The van der Waals surface area contributed by atoms with Crippen molar-refractivity contribution in [1.82, 2.24) is 9.62 Å². The molecule has 1 aromatic rings. The van der Waals surface area contributed by atoms with Gasteiger partial charge in [-0.25, -0.2) is 8.42 Å². The topological polar surface area (TPSA) is 87.8 Å². The van der Waals surface area contributed by atoms with Crippen LogP contribution in [-0.2, 0) is 10.0 Å². The summed E-state index contributed by atoms with van der Waals surface area (Å²) in [6, 6.07) is 3.33. The number of rotatable bonds is 8. The van der Waals surface area contributed by atoms with Gasteiger partial charge in [-0.3, -0.25) is 4.99 Å². The summed E-state index contributed by atoms with van der Waals surface area (Å²) in [5.74, 6) is 0.361. The lowest BCUT2D eigenvalue weighted by atomic mass is 10.3. The largest absolute Gasteiger partial charge is 0.370 e. The second-order valence-electron chi connectivity index (χ2n) is 4.31. The van der Waals surface area contributed by atoms with E-state index in [9.17, 15) is 8.42 Å². The SMILES string of the molecule is CCCCN=C(N)NCCN(C)S(=O)(=O)c1cccs1.I. The number of nitrogens with one attached hydrogen (secondary N) is 1. The summed E-state index contributed by atoms with van der Waals surface area (Å²) >= 11 is 1.21. The third-order valence-corrected chi connectivity index (χ3v) is 5.92. The lowest BCUT2D eigenvalue weighted by molar-refractivity contribution is 0.472. The monoisotopic (exact) mass is 446 g/mol. The van der Waals surface area contributed by atoms with Gasteiger partial charge in [-0.1, -0.05) is 19.4 Å². The van der Waals surface area contributed by atoms with Crippen molar-refractivity contribution in [3.63, 3.8) is 0 Å². The van der Waals surface area contributed by atoms with Crippen molar-refractivity contribution in [2.24, 2.45) is 10.7 Å². The van der Waals surface area contributed by atoms with Crippen LogP contribution in [0.5, 0.6) is 0 Å². The highest BCUT2D eigenvalue weighted by Crippen LogP contribution is 2.19. The minimum Gasteiger partial charge on any atom is -0.370 e. The lowest BCUT2D eigenvalue weighted by Crippen LogP contribution is -2.39. The van der Waals surface area contributed by atoms with E-state index in [1.165, 1.54) is 15.6 Å². The molecule has 0 bridgehead atoms. The van der Waals surface area contributed by atoms with Gasteiger partial charge in [0, 0.05) is 26.7 Å². The number of halogens is 1. The molecule has 0 fully saturated rings. The van der Waals surface area contributed by atoms with Crippen molar-refractivity contribution in [2.75, 3.05) is 26.7 Å². The first-order valence-corrected chi connectivity index (χ1v) is 8.84. The second kappa shape index (κ2) is 10.4. The summed E-state index contributed by atoms with van der Waals surface area (Å²) in [6.45, 7) is 3.55. The van der Waals surface area contributed by atoms with Gasteiger partial charge in [0.25, 0.3) is 10.0 Å². The summed E-state index contributed by atoms with van der Waals surface area (Å²) in [7, 11) is -1.83. The van der Waals surface area contributed by atoms with E-state index in [2.05, 4.69) is 17.2 Å². The first-order valence-electron chi connectivity index (χ1n) is 6.52. The first kappa shape index (κ1) is 20.6. The fourth-order valence-corrected chi connectivity index (χ4v) is 3.81. The molecule has 3 N–H and O–H groups in total. The highest BCUT2D eigenvalue weighted by Gasteiger charge is 2.20. The van der Waals surface area contributed by atoms with Crippen molar-refractivity contribution >= 4 is 51.3 Å². The highest BCUT2D eigenvalue weighted by molar-refractivity contribution is 14.0. The van der Waals surface area contributed by atoms with Crippen LogP contribution in [0.3, 0.4) is 0 Å². The van der Waals surface area contributed by atoms with Crippen LogP contribution in [0.15, 0.2) is 26.7 Å². The lowest BCUT2D eigenvalue weighted by Gasteiger charge is -2.16. The van der Waals surface area contributed by atoms with E-state index in [1.807, 2.05) is 0 Å². The Morgan fingerprint density at radius 1 is 1.52 bits per heavy atom. The molecule has 6 nitrogen and oxygen atoms in total. The summed E-state index contributed by atoms with van der Waals surface area (Å²) in [4.78, 5) is 4.14. The summed E-state index contributed by atoms with van der Waals surface area (Å²) in [6.07, 6.45) is 2.06. The Balaban J connectivity index is 0.00000400. The molecule has 9 heteroatoms. The summed E-state index contributed by atoms with van der Waals surface area (Å²) in [5, 5.41) is 4.66. The van der Waals surface area contributed by atoms with Crippen molar-refractivity contribution < 1.29 is 8.42 Å². The van der Waals surface area contributed by atoms with E-state index < -0.39 is 10.0 Å². The van der Waals surface area contributed by atoms with Gasteiger partial charge in [0.15, 0.2) is 5.96 Å². The molecule has 0 spiro atoms. The maximum absolute atomic E-state index is 12.1. The maximum atomic E-state index is 12.1. The molecule has 0 aliphatic rings. The minimum absolute atomic E-state index is 0. The highest BCUT2D eigenvalue weighted by atomic mass is 127. The Morgan fingerprint density at radius 2 is 2.24 bits per heavy atom. The molecule has 0 atom stereocenters. The Morgan fingerprint density at radius 3 is 2.81 bits per heavy atom. The van der Waals surface area contributed by atoms with E-state index in [-0.39, 0.29) is 24.0 Å². The molecule has 0 radical (unpaired) electrons. The average Bonchev–Trinajstić information content (AvgIpc) is 2.93. The molecule has 1 rings (SSSR count). The zero-order valence-corrected chi connectivity index (χ0v) is 16.2. The van der Waals surface area contributed by atoms with Crippen LogP contribution >= 0.6 is 35.3 Å². The smallest absolute Gasteiger partial charge is 0.252 e. The van der Waals surface area contributed by atoms with Crippen LogP contribution in [0.1, 0.15) is 19.8 Å².